The van der Waals surface area contributed by atoms with Gasteiger partial charge in [-0.1, -0.05) is 92.5 Å². The lowest BCUT2D eigenvalue weighted by Crippen LogP contribution is -2.47. The van der Waals surface area contributed by atoms with Crippen molar-refractivity contribution in [1.82, 2.24) is 0 Å². The van der Waals surface area contributed by atoms with Crippen LogP contribution in [0.5, 0.6) is 0 Å². The van der Waals surface area contributed by atoms with Crippen molar-refractivity contribution in [2.24, 2.45) is 35.5 Å². The summed E-state index contributed by atoms with van der Waals surface area (Å²) in [6, 6.07) is 9.76. The Balaban J connectivity index is 2.19. The maximum atomic E-state index is 12.3. The molecule has 0 saturated heterocycles. The average Bonchev–Trinajstić information content (AvgIpc) is 2.81. The minimum atomic E-state index is 0.0912. The molecule has 2 aliphatic carbocycles. The van der Waals surface area contributed by atoms with Crippen molar-refractivity contribution >= 4 is 11.6 Å². The van der Waals surface area contributed by atoms with Crippen LogP contribution in [0.2, 0.25) is 0 Å². The Morgan fingerprint density at radius 3 is 1.44 bits per heavy atom. The topological polar surface area (TPSA) is 34.1 Å². The van der Waals surface area contributed by atoms with Gasteiger partial charge in [0.05, 0.1) is 0 Å². The molecule has 6 unspecified atom stereocenters. The quantitative estimate of drug-likeness (QED) is 0.325. The molecule has 0 bridgehead atoms. The van der Waals surface area contributed by atoms with Crippen LogP contribution in [-0.4, -0.2) is 11.6 Å². The second-order valence-corrected chi connectivity index (χ2v) is 13.2. The number of carbonyl (C=O) groups excluding carboxylic acids is 2. The minimum absolute atomic E-state index is 0.0912. The summed E-state index contributed by atoms with van der Waals surface area (Å²) < 4.78 is 0. The largest absolute Gasteiger partial charge is 0.300 e. The lowest BCUT2D eigenvalue weighted by molar-refractivity contribution is -0.124. The van der Waals surface area contributed by atoms with Crippen LogP contribution < -0.4 is 0 Å². The van der Waals surface area contributed by atoms with Crippen LogP contribution in [0.15, 0.2) is 24.3 Å². The number of carbonyl (C=O) groups is 2. The lowest BCUT2D eigenvalue weighted by atomic mass is 9.52. The van der Waals surface area contributed by atoms with E-state index in [2.05, 4.69) is 79.7 Å². The highest BCUT2D eigenvalue weighted by Gasteiger charge is 2.49. The van der Waals surface area contributed by atoms with Crippen molar-refractivity contribution in [3.8, 4) is 0 Å². The molecule has 0 aliphatic heterocycles. The van der Waals surface area contributed by atoms with Gasteiger partial charge in [0.2, 0.25) is 0 Å². The molecule has 0 radical (unpaired) electrons. The fourth-order valence-electron chi connectivity index (χ4n) is 9.05. The molecule has 1 aromatic carbocycles. The smallest absolute Gasteiger partial charge is 0.133 e. The lowest BCUT2D eigenvalue weighted by Gasteiger charge is -2.51. The van der Waals surface area contributed by atoms with Crippen LogP contribution in [0.1, 0.15) is 131 Å². The van der Waals surface area contributed by atoms with Crippen LogP contribution in [0.3, 0.4) is 0 Å². The molecular weight excluding hydrogens is 440 g/mol. The highest BCUT2D eigenvalue weighted by atomic mass is 16.1. The van der Waals surface area contributed by atoms with Gasteiger partial charge in [-0.3, -0.25) is 9.59 Å². The summed E-state index contributed by atoms with van der Waals surface area (Å²) in [7, 11) is 0. The van der Waals surface area contributed by atoms with E-state index >= 15 is 0 Å². The number of benzene rings is 1. The molecule has 0 amide bonds. The normalized spacial score (nSPS) is 28.8. The maximum absolute atomic E-state index is 12.3. The molecule has 0 spiro atoms. The predicted octanol–water partition coefficient (Wildman–Crippen LogP) is 9.09. The first-order valence-corrected chi connectivity index (χ1v) is 15.2. The summed E-state index contributed by atoms with van der Waals surface area (Å²) in [5, 5.41) is 0. The van der Waals surface area contributed by atoms with Crippen LogP contribution >= 0.6 is 0 Å². The summed E-state index contributed by atoms with van der Waals surface area (Å²) in [4.78, 5) is 24.7. The number of rotatable bonds is 10. The van der Waals surface area contributed by atoms with Crippen LogP contribution in [0, 0.1) is 35.5 Å². The number of ketones is 2. The van der Waals surface area contributed by atoms with E-state index in [-0.39, 0.29) is 10.8 Å². The number of hydrogen-bond acceptors (Lipinski definition) is 2. The van der Waals surface area contributed by atoms with Gasteiger partial charge in [-0.25, -0.2) is 0 Å². The van der Waals surface area contributed by atoms with Gasteiger partial charge in [0.25, 0.3) is 0 Å². The molecule has 2 saturated carbocycles. The highest BCUT2D eigenvalue weighted by Crippen LogP contribution is 2.54. The van der Waals surface area contributed by atoms with Crippen molar-refractivity contribution in [2.75, 3.05) is 0 Å². The first kappa shape index (κ1) is 29.1. The molecule has 1 aromatic rings. The van der Waals surface area contributed by atoms with Crippen molar-refractivity contribution in [2.45, 2.75) is 130 Å². The average molecular weight is 495 g/mol. The summed E-state index contributed by atoms with van der Waals surface area (Å²) in [6.45, 7) is 19.0. The zero-order valence-electron chi connectivity index (χ0n) is 24.7. The summed E-state index contributed by atoms with van der Waals surface area (Å²) in [6.07, 6.45) is 9.67. The van der Waals surface area contributed by atoms with Crippen molar-refractivity contribution < 1.29 is 9.59 Å². The molecule has 2 nitrogen and oxygen atoms in total. The van der Waals surface area contributed by atoms with E-state index in [0.29, 0.717) is 47.1 Å². The van der Waals surface area contributed by atoms with E-state index in [0.717, 1.165) is 51.4 Å². The maximum Gasteiger partial charge on any atom is 0.133 e. The fourth-order valence-corrected chi connectivity index (χ4v) is 9.05. The van der Waals surface area contributed by atoms with Gasteiger partial charge in [-0.05, 0) is 72.3 Å². The van der Waals surface area contributed by atoms with Gasteiger partial charge in [-0.15, -0.1) is 0 Å². The van der Waals surface area contributed by atoms with E-state index in [4.69, 9.17) is 0 Å². The molecular formula is C34H54O2. The summed E-state index contributed by atoms with van der Waals surface area (Å²) in [5.41, 5.74) is 3.19. The van der Waals surface area contributed by atoms with E-state index < -0.39 is 0 Å². The SMILES string of the molecule is CCCC(c1cccc(C(CCC)(C(C)C)C2CCC(=O)CC2C)c1)(C(C)C)C1CCC(=O)CC1C. The first-order chi connectivity index (χ1) is 17.0. The number of Topliss-reactive ketones (excluding diaryl/α,β-unsaturated/α-hetero) is 2. The molecule has 36 heavy (non-hydrogen) atoms. The van der Waals surface area contributed by atoms with Gasteiger partial charge < -0.3 is 0 Å². The third-order valence-electron chi connectivity index (χ3n) is 10.6. The van der Waals surface area contributed by atoms with Crippen LogP contribution in [0.25, 0.3) is 0 Å². The van der Waals surface area contributed by atoms with E-state index in [9.17, 15) is 9.59 Å². The third kappa shape index (κ3) is 5.25. The zero-order chi connectivity index (χ0) is 26.7. The van der Waals surface area contributed by atoms with Gasteiger partial charge in [-0.2, -0.15) is 0 Å². The number of hydrogen-bond donors (Lipinski definition) is 0. The third-order valence-corrected chi connectivity index (χ3v) is 10.6. The van der Waals surface area contributed by atoms with Crippen LogP contribution in [-0.2, 0) is 20.4 Å². The van der Waals surface area contributed by atoms with E-state index in [1.807, 2.05) is 0 Å². The minimum Gasteiger partial charge on any atom is -0.300 e. The molecule has 0 heterocycles. The van der Waals surface area contributed by atoms with E-state index in [1.165, 1.54) is 24.0 Å². The van der Waals surface area contributed by atoms with Gasteiger partial charge in [0.1, 0.15) is 11.6 Å². The first-order valence-electron chi connectivity index (χ1n) is 15.2. The molecule has 0 N–H and O–H groups in total. The predicted molar refractivity (Wildman–Crippen MR) is 152 cm³/mol. The summed E-state index contributed by atoms with van der Waals surface area (Å²) in [5.74, 6) is 3.86. The molecule has 0 aromatic heterocycles. The standard InChI is InChI=1S/C34H54O2/c1-9-18-33(23(3)4,31-16-14-29(35)20-25(31)7)27-12-11-13-28(22-27)34(19-10-2,24(5)6)32-17-15-30(36)21-26(32)8/h11-13,22-26,31-32H,9-10,14-21H2,1-8H3. The molecule has 2 aliphatic rings. The molecule has 3 rings (SSSR count). The Bertz CT molecular complexity index is 829. The Kier molecular flexibility index (Phi) is 9.67. The monoisotopic (exact) mass is 494 g/mol. The van der Waals surface area contributed by atoms with Gasteiger partial charge in [0.15, 0.2) is 0 Å². The summed E-state index contributed by atoms with van der Waals surface area (Å²) >= 11 is 0. The molecule has 202 valence electrons. The van der Waals surface area contributed by atoms with Crippen molar-refractivity contribution in [3.63, 3.8) is 0 Å². The Labute approximate surface area is 222 Å². The zero-order valence-corrected chi connectivity index (χ0v) is 24.7. The highest BCUT2D eigenvalue weighted by molar-refractivity contribution is 5.80. The second kappa shape index (κ2) is 12.0. The molecule has 2 heteroatoms. The second-order valence-electron chi connectivity index (χ2n) is 13.2. The fraction of sp³-hybridized carbons (Fsp3) is 0.765. The Hall–Kier alpha value is -1.44. The van der Waals surface area contributed by atoms with Gasteiger partial charge >= 0.3 is 0 Å². The molecule has 6 atom stereocenters. The van der Waals surface area contributed by atoms with E-state index in [1.54, 1.807) is 0 Å². The van der Waals surface area contributed by atoms with Crippen molar-refractivity contribution in [3.05, 3.63) is 35.4 Å². The Morgan fingerprint density at radius 2 is 1.14 bits per heavy atom. The van der Waals surface area contributed by atoms with Gasteiger partial charge in [0, 0.05) is 36.5 Å². The van der Waals surface area contributed by atoms with Crippen molar-refractivity contribution in [1.29, 1.82) is 0 Å². The Morgan fingerprint density at radius 1 is 0.750 bits per heavy atom. The van der Waals surface area contributed by atoms with Crippen LogP contribution in [0.4, 0.5) is 0 Å². The molecule has 2 fully saturated rings.